The van der Waals surface area contributed by atoms with Gasteiger partial charge in [-0.05, 0) is 12.8 Å². The molecule has 0 aromatic heterocycles. The minimum absolute atomic E-state index is 0.0767. The van der Waals surface area contributed by atoms with Crippen LogP contribution in [0.5, 0.6) is 0 Å². The molecular weight excluding hydrogens is 210 g/mol. The normalized spacial score (nSPS) is 18.8. The Labute approximate surface area is 97.3 Å². The van der Waals surface area contributed by atoms with Crippen LogP contribution < -0.4 is 0 Å². The fraction of sp³-hybridized carbons (Fsp3) is 0.750. The zero-order valence-electron chi connectivity index (χ0n) is 9.42. The molecule has 0 aromatic carbocycles. The fourth-order valence-electron chi connectivity index (χ4n) is 2.12. The first kappa shape index (κ1) is 12.6. The van der Waals surface area contributed by atoms with Crippen LogP contribution in [0.2, 0.25) is 0 Å². The SMILES string of the molecule is C=CCN(C(=O)C(C)CCl)C1CCCC1. The van der Waals surface area contributed by atoms with E-state index in [1.165, 1.54) is 12.8 Å². The van der Waals surface area contributed by atoms with E-state index >= 15 is 0 Å². The molecule has 0 spiro atoms. The molecule has 1 aliphatic carbocycles. The Hall–Kier alpha value is -0.500. The predicted molar refractivity (Wildman–Crippen MR) is 64.1 cm³/mol. The molecule has 1 rings (SSSR count). The Morgan fingerprint density at radius 1 is 1.60 bits per heavy atom. The monoisotopic (exact) mass is 229 g/mol. The van der Waals surface area contributed by atoms with E-state index in [0.29, 0.717) is 18.5 Å². The first-order valence-corrected chi connectivity index (χ1v) is 6.21. The quantitative estimate of drug-likeness (QED) is 0.525. The van der Waals surface area contributed by atoms with Crippen molar-refractivity contribution in [2.24, 2.45) is 5.92 Å². The second-order valence-corrected chi connectivity index (χ2v) is 4.58. The summed E-state index contributed by atoms with van der Waals surface area (Å²) in [6, 6.07) is 0.418. The molecule has 1 aliphatic rings. The summed E-state index contributed by atoms with van der Waals surface area (Å²) < 4.78 is 0. The number of rotatable bonds is 5. The third kappa shape index (κ3) is 3.23. The number of nitrogens with zero attached hydrogens (tertiary/aromatic N) is 1. The molecular formula is C12H20ClNO. The molecule has 0 radical (unpaired) electrons. The van der Waals surface area contributed by atoms with Gasteiger partial charge in [-0.25, -0.2) is 0 Å². The number of halogens is 1. The molecule has 2 nitrogen and oxygen atoms in total. The maximum absolute atomic E-state index is 12.0. The van der Waals surface area contributed by atoms with Crippen LogP contribution in [0, 0.1) is 5.92 Å². The van der Waals surface area contributed by atoms with Crippen LogP contribution in [0.1, 0.15) is 32.6 Å². The molecule has 0 bridgehead atoms. The topological polar surface area (TPSA) is 20.3 Å². The van der Waals surface area contributed by atoms with E-state index in [1.807, 2.05) is 11.8 Å². The first-order chi connectivity index (χ1) is 7.20. The molecule has 1 amide bonds. The Kier molecular flexibility index (Phi) is 5.16. The fourth-order valence-corrected chi connectivity index (χ4v) is 2.26. The molecule has 0 heterocycles. The lowest BCUT2D eigenvalue weighted by molar-refractivity contribution is -0.135. The lowest BCUT2D eigenvalue weighted by Gasteiger charge is -2.29. The second-order valence-electron chi connectivity index (χ2n) is 4.27. The summed E-state index contributed by atoms with van der Waals surface area (Å²) in [4.78, 5) is 14.0. The van der Waals surface area contributed by atoms with Gasteiger partial charge in [-0.15, -0.1) is 18.2 Å². The lowest BCUT2D eigenvalue weighted by Crippen LogP contribution is -2.42. The van der Waals surface area contributed by atoms with Crippen molar-refractivity contribution >= 4 is 17.5 Å². The van der Waals surface area contributed by atoms with Gasteiger partial charge >= 0.3 is 0 Å². The molecule has 1 fully saturated rings. The number of amides is 1. The van der Waals surface area contributed by atoms with Gasteiger partial charge in [-0.3, -0.25) is 4.79 Å². The number of hydrogen-bond donors (Lipinski definition) is 0. The van der Waals surface area contributed by atoms with Crippen molar-refractivity contribution < 1.29 is 4.79 Å². The highest BCUT2D eigenvalue weighted by Gasteiger charge is 2.28. The summed E-state index contributed by atoms with van der Waals surface area (Å²) in [5.41, 5.74) is 0. The Morgan fingerprint density at radius 3 is 2.67 bits per heavy atom. The summed E-state index contributed by atoms with van der Waals surface area (Å²) in [7, 11) is 0. The van der Waals surface area contributed by atoms with Gasteiger partial charge in [0, 0.05) is 24.4 Å². The highest BCUT2D eigenvalue weighted by molar-refractivity contribution is 6.19. The molecule has 0 N–H and O–H groups in total. The highest BCUT2D eigenvalue weighted by atomic mass is 35.5. The smallest absolute Gasteiger partial charge is 0.227 e. The highest BCUT2D eigenvalue weighted by Crippen LogP contribution is 2.24. The standard InChI is InChI=1S/C12H20ClNO/c1-3-8-14(11-6-4-5-7-11)12(15)10(2)9-13/h3,10-11H,1,4-9H2,2H3. The third-order valence-corrected chi connectivity index (χ3v) is 3.49. The summed E-state index contributed by atoms with van der Waals surface area (Å²) in [5, 5.41) is 0. The average Bonchev–Trinajstić information content (AvgIpc) is 2.77. The van der Waals surface area contributed by atoms with Crippen molar-refractivity contribution in [3.8, 4) is 0 Å². The van der Waals surface area contributed by atoms with Crippen LogP contribution in [0.4, 0.5) is 0 Å². The van der Waals surface area contributed by atoms with Crippen molar-refractivity contribution in [3.63, 3.8) is 0 Å². The molecule has 1 saturated carbocycles. The lowest BCUT2D eigenvalue weighted by atomic mass is 10.1. The van der Waals surface area contributed by atoms with Gasteiger partial charge in [0.2, 0.25) is 5.91 Å². The van der Waals surface area contributed by atoms with Gasteiger partial charge in [0.1, 0.15) is 0 Å². The molecule has 3 heteroatoms. The third-order valence-electron chi connectivity index (χ3n) is 3.03. The van der Waals surface area contributed by atoms with Crippen molar-refractivity contribution in [2.45, 2.75) is 38.6 Å². The Bertz CT molecular complexity index is 224. The largest absolute Gasteiger partial charge is 0.336 e. The minimum Gasteiger partial charge on any atom is -0.336 e. The Balaban J connectivity index is 2.62. The van der Waals surface area contributed by atoms with Crippen LogP contribution in [-0.2, 0) is 4.79 Å². The van der Waals surface area contributed by atoms with Crippen LogP contribution in [-0.4, -0.2) is 29.3 Å². The van der Waals surface area contributed by atoms with Gasteiger partial charge in [-0.1, -0.05) is 25.8 Å². The maximum Gasteiger partial charge on any atom is 0.227 e. The van der Waals surface area contributed by atoms with Crippen LogP contribution in [0.25, 0.3) is 0 Å². The molecule has 0 aromatic rings. The van der Waals surface area contributed by atoms with E-state index < -0.39 is 0 Å². The van der Waals surface area contributed by atoms with Crippen molar-refractivity contribution in [1.82, 2.24) is 4.90 Å². The summed E-state index contributed by atoms with van der Waals surface area (Å²) >= 11 is 5.72. The predicted octanol–water partition coefficient (Wildman–Crippen LogP) is 2.82. The molecule has 0 aliphatic heterocycles. The van der Waals surface area contributed by atoms with Crippen LogP contribution >= 0.6 is 11.6 Å². The van der Waals surface area contributed by atoms with Gasteiger partial charge in [0.15, 0.2) is 0 Å². The van der Waals surface area contributed by atoms with E-state index in [9.17, 15) is 4.79 Å². The average molecular weight is 230 g/mol. The van der Waals surface area contributed by atoms with Crippen molar-refractivity contribution in [2.75, 3.05) is 12.4 Å². The van der Waals surface area contributed by atoms with E-state index in [-0.39, 0.29) is 11.8 Å². The molecule has 1 atom stereocenters. The van der Waals surface area contributed by atoms with Gasteiger partial charge < -0.3 is 4.90 Å². The minimum atomic E-state index is -0.0767. The van der Waals surface area contributed by atoms with Crippen molar-refractivity contribution in [1.29, 1.82) is 0 Å². The van der Waals surface area contributed by atoms with Crippen LogP contribution in [0.15, 0.2) is 12.7 Å². The van der Waals surface area contributed by atoms with E-state index in [1.54, 1.807) is 6.08 Å². The molecule has 15 heavy (non-hydrogen) atoms. The zero-order chi connectivity index (χ0) is 11.3. The first-order valence-electron chi connectivity index (χ1n) is 5.68. The van der Waals surface area contributed by atoms with E-state index in [0.717, 1.165) is 12.8 Å². The molecule has 0 saturated heterocycles. The number of carbonyl (C=O) groups is 1. The summed E-state index contributed by atoms with van der Waals surface area (Å²) in [6.07, 6.45) is 6.54. The maximum atomic E-state index is 12.0. The Morgan fingerprint density at radius 2 is 2.20 bits per heavy atom. The van der Waals surface area contributed by atoms with Crippen molar-refractivity contribution in [3.05, 3.63) is 12.7 Å². The number of carbonyl (C=O) groups excluding carboxylic acids is 1. The van der Waals surface area contributed by atoms with Gasteiger partial charge in [-0.2, -0.15) is 0 Å². The van der Waals surface area contributed by atoms with E-state index in [4.69, 9.17) is 11.6 Å². The zero-order valence-corrected chi connectivity index (χ0v) is 10.2. The summed E-state index contributed by atoms with van der Waals surface area (Å²) in [5.74, 6) is 0.503. The molecule has 86 valence electrons. The molecule has 1 unspecified atom stereocenters. The number of alkyl halides is 1. The van der Waals surface area contributed by atoms with Gasteiger partial charge in [0.05, 0.1) is 0 Å². The van der Waals surface area contributed by atoms with Crippen LogP contribution in [0.3, 0.4) is 0 Å². The summed E-state index contributed by atoms with van der Waals surface area (Å²) in [6.45, 7) is 6.26. The second kappa shape index (κ2) is 6.16. The van der Waals surface area contributed by atoms with Gasteiger partial charge in [0.25, 0.3) is 0 Å². The number of hydrogen-bond acceptors (Lipinski definition) is 1. The van der Waals surface area contributed by atoms with E-state index in [2.05, 4.69) is 6.58 Å².